The Morgan fingerprint density at radius 1 is 1.28 bits per heavy atom. The van der Waals surface area contributed by atoms with E-state index in [0.29, 0.717) is 6.42 Å². The van der Waals surface area contributed by atoms with Gasteiger partial charge in [-0.25, -0.2) is 0 Å². The van der Waals surface area contributed by atoms with Crippen LogP contribution in [0.2, 0.25) is 0 Å². The lowest BCUT2D eigenvalue weighted by Crippen LogP contribution is -2.37. The molecule has 0 rings (SSSR count). The summed E-state index contributed by atoms with van der Waals surface area (Å²) in [6, 6.07) is 0. The SMILES string of the molecule is CCCC(=O)O[C@@H](CP(=O)(OC)OC)C(F)(F)F. The van der Waals surface area contributed by atoms with E-state index in [2.05, 4.69) is 13.8 Å². The van der Waals surface area contributed by atoms with Crippen molar-refractivity contribution in [2.45, 2.75) is 32.0 Å². The van der Waals surface area contributed by atoms with Crippen LogP contribution >= 0.6 is 7.60 Å². The molecule has 0 spiro atoms. The number of alkyl halides is 3. The van der Waals surface area contributed by atoms with Gasteiger partial charge in [0.05, 0.1) is 6.16 Å². The van der Waals surface area contributed by atoms with Crippen molar-refractivity contribution in [3.8, 4) is 0 Å². The fourth-order valence-electron chi connectivity index (χ4n) is 1.06. The highest BCUT2D eigenvalue weighted by atomic mass is 31.2. The van der Waals surface area contributed by atoms with Gasteiger partial charge in [-0.05, 0) is 6.42 Å². The monoisotopic (exact) mass is 292 g/mol. The van der Waals surface area contributed by atoms with Crippen LogP contribution < -0.4 is 0 Å². The van der Waals surface area contributed by atoms with Gasteiger partial charge in [0.2, 0.25) is 6.10 Å². The summed E-state index contributed by atoms with van der Waals surface area (Å²) in [7, 11) is -1.98. The molecule has 0 aromatic heterocycles. The number of carbonyl (C=O) groups excluding carboxylic acids is 1. The molecule has 0 radical (unpaired) electrons. The maximum Gasteiger partial charge on any atom is 0.426 e. The third kappa shape index (κ3) is 5.84. The smallest absolute Gasteiger partial charge is 0.426 e. The van der Waals surface area contributed by atoms with Crippen LogP contribution in [0.25, 0.3) is 0 Å². The fourth-order valence-corrected chi connectivity index (χ4v) is 2.19. The van der Waals surface area contributed by atoms with Crippen LogP contribution in [-0.2, 0) is 23.1 Å². The minimum Gasteiger partial charge on any atom is -0.452 e. The van der Waals surface area contributed by atoms with E-state index in [1.165, 1.54) is 0 Å². The zero-order chi connectivity index (χ0) is 14.4. The van der Waals surface area contributed by atoms with E-state index in [4.69, 9.17) is 0 Å². The van der Waals surface area contributed by atoms with E-state index < -0.39 is 32.0 Å². The molecular formula is C9H16F3O5P. The van der Waals surface area contributed by atoms with Gasteiger partial charge in [-0.2, -0.15) is 13.2 Å². The number of halogens is 3. The average Bonchev–Trinajstić information content (AvgIpc) is 2.27. The number of hydrogen-bond acceptors (Lipinski definition) is 5. The summed E-state index contributed by atoms with van der Waals surface area (Å²) in [5, 5.41) is 0. The van der Waals surface area contributed by atoms with Gasteiger partial charge in [0.25, 0.3) is 0 Å². The van der Waals surface area contributed by atoms with E-state index in [-0.39, 0.29) is 6.42 Å². The third-order valence-electron chi connectivity index (χ3n) is 2.04. The summed E-state index contributed by atoms with van der Waals surface area (Å²) >= 11 is 0. The molecular weight excluding hydrogens is 276 g/mol. The number of carbonyl (C=O) groups is 1. The summed E-state index contributed by atoms with van der Waals surface area (Å²) in [4.78, 5) is 11.1. The highest BCUT2D eigenvalue weighted by molar-refractivity contribution is 7.53. The molecule has 0 N–H and O–H groups in total. The van der Waals surface area contributed by atoms with Gasteiger partial charge in [0.15, 0.2) is 0 Å². The third-order valence-corrected chi connectivity index (χ3v) is 3.93. The Labute approximate surface area is 103 Å². The fraction of sp³-hybridized carbons (Fsp3) is 0.889. The summed E-state index contributed by atoms with van der Waals surface area (Å²) < 4.78 is 62.5. The molecule has 0 aromatic rings. The molecule has 5 nitrogen and oxygen atoms in total. The van der Waals surface area contributed by atoms with Gasteiger partial charge < -0.3 is 13.8 Å². The number of esters is 1. The Balaban J connectivity index is 4.81. The molecule has 9 heteroatoms. The van der Waals surface area contributed by atoms with Gasteiger partial charge in [0.1, 0.15) is 0 Å². The number of hydrogen-bond donors (Lipinski definition) is 0. The lowest BCUT2D eigenvalue weighted by molar-refractivity contribution is -0.215. The van der Waals surface area contributed by atoms with Crippen molar-refractivity contribution in [3.63, 3.8) is 0 Å². The molecule has 0 aromatic carbocycles. The van der Waals surface area contributed by atoms with Crippen molar-refractivity contribution in [1.29, 1.82) is 0 Å². The van der Waals surface area contributed by atoms with Crippen molar-refractivity contribution < 1.29 is 36.3 Å². The Kier molecular flexibility index (Phi) is 6.88. The van der Waals surface area contributed by atoms with E-state index in [1.807, 2.05) is 0 Å². The van der Waals surface area contributed by atoms with E-state index in [1.54, 1.807) is 6.92 Å². The maximum atomic E-state index is 12.6. The van der Waals surface area contributed by atoms with Crippen LogP contribution in [0.5, 0.6) is 0 Å². The molecule has 18 heavy (non-hydrogen) atoms. The molecule has 0 aliphatic heterocycles. The second-order valence-corrected chi connectivity index (χ2v) is 5.75. The summed E-state index contributed by atoms with van der Waals surface area (Å²) in [6.45, 7) is 1.62. The van der Waals surface area contributed by atoms with E-state index in [9.17, 15) is 22.5 Å². The molecule has 0 heterocycles. The highest BCUT2D eigenvalue weighted by Gasteiger charge is 2.47. The molecule has 0 amide bonds. The molecule has 0 aliphatic carbocycles. The zero-order valence-corrected chi connectivity index (χ0v) is 11.2. The van der Waals surface area contributed by atoms with Gasteiger partial charge in [-0.15, -0.1) is 0 Å². The largest absolute Gasteiger partial charge is 0.452 e. The first-order chi connectivity index (χ1) is 8.18. The molecule has 0 saturated heterocycles. The van der Waals surface area contributed by atoms with Crippen LogP contribution in [-0.4, -0.2) is 38.6 Å². The van der Waals surface area contributed by atoms with Crippen molar-refractivity contribution in [2.24, 2.45) is 0 Å². The van der Waals surface area contributed by atoms with Gasteiger partial charge in [-0.3, -0.25) is 9.36 Å². The zero-order valence-electron chi connectivity index (χ0n) is 10.3. The molecule has 0 unspecified atom stereocenters. The number of rotatable bonds is 7. The summed E-state index contributed by atoms with van der Waals surface area (Å²) in [5.74, 6) is -1.00. The standard InChI is InChI=1S/C9H16F3O5P/c1-4-5-8(13)17-7(9(10,11)12)6-18(14,15-2)16-3/h7H,4-6H2,1-3H3/t7-/m0/s1. The number of ether oxygens (including phenoxy) is 1. The Bertz CT molecular complexity index is 310. The molecule has 0 aliphatic rings. The summed E-state index contributed by atoms with van der Waals surface area (Å²) in [6.07, 6.45) is -8.16. The quantitative estimate of drug-likeness (QED) is 0.533. The molecule has 108 valence electrons. The normalized spacial score (nSPS) is 14.3. The first kappa shape index (κ1) is 17.4. The molecule has 0 fully saturated rings. The van der Waals surface area contributed by atoms with Crippen molar-refractivity contribution in [2.75, 3.05) is 20.4 Å². The summed E-state index contributed by atoms with van der Waals surface area (Å²) in [5.41, 5.74) is 0. The van der Waals surface area contributed by atoms with Gasteiger partial charge >= 0.3 is 19.7 Å². The van der Waals surface area contributed by atoms with Gasteiger partial charge in [0, 0.05) is 20.6 Å². The predicted octanol–water partition coefficient (Wildman–Crippen LogP) is 2.75. The maximum absolute atomic E-state index is 12.6. The average molecular weight is 292 g/mol. The second-order valence-electron chi connectivity index (χ2n) is 3.43. The van der Waals surface area contributed by atoms with E-state index >= 15 is 0 Å². The Hall–Kier alpha value is -0.590. The van der Waals surface area contributed by atoms with E-state index in [0.717, 1.165) is 14.2 Å². The molecule has 0 saturated carbocycles. The lowest BCUT2D eigenvalue weighted by atomic mass is 10.3. The minimum absolute atomic E-state index is 0.142. The molecule has 0 bridgehead atoms. The predicted molar refractivity (Wildman–Crippen MR) is 57.3 cm³/mol. The highest BCUT2D eigenvalue weighted by Crippen LogP contribution is 2.49. The van der Waals surface area contributed by atoms with Crippen LogP contribution in [0.3, 0.4) is 0 Å². The van der Waals surface area contributed by atoms with Crippen LogP contribution in [0, 0.1) is 0 Å². The lowest BCUT2D eigenvalue weighted by Gasteiger charge is -2.23. The van der Waals surface area contributed by atoms with Crippen molar-refractivity contribution in [3.05, 3.63) is 0 Å². The van der Waals surface area contributed by atoms with Crippen LogP contribution in [0.4, 0.5) is 13.2 Å². The second kappa shape index (κ2) is 7.11. The van der Waals surface area contributed by atoms with Gasteiger partial charge in [-0.1, -0.05) is 6.92 Å². The first-order valence-corrected chi connectivity index (χ1v) is 6.88. The first-order valence-electron chi connectivity index (χ1n) is 5.15. The topological polar surface area (TPSA) is 61.8 Å². The van der Waals surface area contributed by atoms with Crippen LogP contribution in [0.15, 0.2) is 0 Å². The Morgan fingerprint density at radius 2 is 1.78 bits per heavy atom. The molecule has 1 atom stereocenters. The van der Waals surface area contributed by atoms with Crippen LogP contribution in [0.1, 0.15) is 19.8 Å². The minimum atomic E-state index is -4.82. The van der Waals surface area contributed by atoms with Crippen molar-refractivity contribution in [1.82, 2.24) is 0 Å². The van der Waals surface area contributed by atoms with Crippen molar-refractivity contribution >= 4 is 13.6 Å². The Morgan fingerprint density at radius 3 is 2.11 bits per heavy atom.